The van der Waals surface area contributed by atoms with Crippen molar-refractivity contribution < 1.29 is 23.8 Å². The van der Waals surface area contributed by atoms with Gasteiger partial charge in [-0.1, -0.05) is 38.1 Å². The van der Waals surface area contributed by atoms with Gasteiger partial charge in [0, 0.05) is 38.8 Å². The van der Waals surface area contributed by atoms with Gasteiger partial charge in [-0.05, 0) is 24.0 Å². The number of hydrogen-bond donors (Lipinski definition) is 2. The van der Waals surface area contributed by atoms with E-state index in [0.717, 1.165) is 23.7 Å². The summed E-state index contributed by atoms with van der Waals surface area (Å²) in [5.74, 6) is -0.346. The molecule has 2 aliphatic rings. The summed E-state index contributed by atoms with van der Waals surface area (Å²) in [6, 6.07) is 8.76. The van der Waals surface area contributed by atoms with Crippen LogP contribution < -0.4 is 10.2 Å². The average Bonchev–Trinajstić information content (AvgIpc) is 3.21. The Hall–Kier alpha value is -3.47. The van der Waals surface area contributed by atoms with Gasteiger partial charge < -0.3 is 20.1 Å². The molecular formula is C24H31FN6O4. The maximum absolute atomic E-state index is 14.3. The summed E-state index contributed by atoms with van der Waals surface area (Å²) in [4.78, 5) is 36.6. The molecule has 188 valence electrons. The number of cyclic esters (lactones) is 1. The first-order chi connectivity index (χ1) is 16.7. The van der Waals surface area contributed by atoms with Crippen LogP contribution in [-0.4, -0.2) is 75.9 Å². The summed E-state index contributed by atoms with van der Waals surface area (Å²) >= 11 is 0. The third-order valence-corrected chi connectivity index (χ3v) is 6.48. The van der Waals surface area contributed by atoms with E-state index >= 15 is 0 Å². The summed E-state index contributed by atoms with van der Waals surface area (Å²) in [6.45, 7) is 9.28. The van der Waals surface area contributed by atoms with E-state index < -0.39 is 18.1 Å². The predicted molar refractivity (Wildman–Crippen MR) is 128 cm³/mol. The van der Waals surface area contributed by atoms with Crippen molar-refractivity contribution in [2.45, 2.75) is 39.4 Å². The molecule has 0 bridgehead atoms. The zero-order valence-electron chi connectivity index (χ0n) is 20.1. The third-order valence-electron chi connectivity index (χ3n) is 6.48. The van der Waals surface area contributed by atoms with Crippen LogP contribution in [0.2, 0.25) is 0 Å². The molecule has 2 aromatic rings. The van der Waals surface area contributed by atoms with E-state index in [2.05, 4.69) is 20.2 Å². The number of nitrogens with zero attached hydrogens (tertiary/aromatic N) is 5. The van der Waals surface area contributed by atoms with Crippen molar-refractivity contribution in [3.05, 3.63) is 47.4 Å². The quantitative estimate of drug-likeness (QED) is 0.572. The molecule has 0 radical (unpaired) electrons. The molecule has 10 nitrogen and oxygen atoms in total. The molecule has 2 fully saturated rings. The van der Waals surface area contributed by atoms with Gasteiger partial charge in [0.15, 0.2) is 0 Å². The molecule has 0 saturated carbocycles. The number of aromatic nitrogens is 2. The lowest BCUT2D eigenvalue weighted by Gasteiger charge is -2.33. The Labute approximate surface area is 203 Å². The minimum atomic E-state index is -0.870. The number of carboxylic acid groups (broad SMARTS) is 1. The SMILES string of the molecule is CC(C)C1COC(=O)N1c1cc(F)nc(N[C@@H](C)c2ccc(CN3CCN(C(=O)O)CC3)cc2)n1. The van der Waals surface area contributed by atoms with Crippen LogP contribution in [0.1, 0.15) is 37.9 Å². The van der Waals surface area contributed by atoms with Crippen molar-refractivity contribution in [1.29, 1.82) is 0 Å². The number of amides is 2. The number of carbonyl (C=O) groups is 2. The molecule has 2 saturated heterocycles. The molecule has 1 unspecified atom stereocenters. The molecule has 0 spiro atoms. The fraction of sp³-hybridized carbons (Fsp3) is 0.500. The van der Waals surface area contributed by atoms with Crippen LogP contribution in [0.15, 0.2) is 30.3 Å². The van der Waals surface area contributed by atoms with Crippen LogP contribution in [0.5, 0.6) is 0 Å². The maximum atomic E-state index is 14.3. The molecule has 1 aromatic heterocycles. The van der Waals surface area contributed by atoms with Gasteiger partial charge >= 0.3 is 12.2 Å². The normalized spacial score (nSPS) is 19.7. The number of ether oxygens (including phenoxy) is 1. The van der Waals surface area contributed by atoms with E-state index in [0.29, 0.717) is 26.2 Å². The van der Waals surface area contributed by atoms with Crippen molar-refractivity contribution in [2.75, 3.05) is 43.0 Å². The first-order valence-electron chi connectivity index (χ1n) is 11.8. The maximum Gasteiger partial charge on any atom is 0.415 e. The van der Waals surface area contributed by atoms with E-state index in [-0.39, 0.29) is 36.4 Å². The molecular weight excluding hydrogens is 455 g/mol. The highest BCUT2D eigenvalue weighted by Crippen LogP contribution is 2.27. The minimum Gasteiger partial charge on any atom is -0.465 e. The zero-order chi connectivity index (χ0) is 25.1. The molecule has 35 heavy (non-hydrogen) atoms. The highest BCUT2D eigenvalue weighted by molar-refractivity contribution is 5.89. The molecule has 1 aromatic carbocycles. The van der Waals surface area contributed by atoms with Gasteiger partial charge in [0.05, 0.1) is 12.1 Å². The molecule has 2 aliphatic heterocycles. The number of benzene rings is 1. The topological polar surface area (TPSA) is 111 Å². The van der Waals surface area contributed by atoms with Crippen molar-refractivity contribution in [3.63, 3.8) is 0 Å². The number of anilines is 2. The summed E-state index contributed by atoms with van der Waals surface area (Å²) in [6.07, 6.45) is -1.41. The van der Waals surface area contributed by atoms with Crippen LogP contribution >= 0.6 is 0 Å². The van der Waals surface area contributed by atoms with E-state index in [4.69, 9.17) is 9.84 Å². The molecule has 3 heterocycles. The largest absolute Gasteiger partial charge is 0.465 e. The number of rotatable bonds is 7. The van der Waals surface area contributed by atoms with Gasteiger partial charge in [-0.25, -0.2) is 9.59 Å². The van der Waals surface area contributed by atoms with Crippen molar-refractivity contribution >= 4 is 24.0 Å². The predicted octanol–water partition coefficient (Wildman–Crippen LogP) is 3.57. The molecule has 2 atom stereocenters. The lowest BCUT2D eigenvalue weighted by atomic mass is 10.0. The molecule has 2 amide bonds. The Morgan fingerprint density at radius 3 is 2.49 bits per heavy atom. The molecule has 4 rings (SSSR count). The van der Waals surface area contributed by atoms with E-state index in [1.54, 1.807) is 0 Å². The monoisotopic (exact) mass is 486 g/mol. The van der Waals surface area contributed by atoms with Gasteiger partial charge in [0.1, 0.15) is 12.4 Å². The number of piperazine rings is 1. The summed E-state index contributed by atoms with van der Waals surface area (Å²) in [5.41, 5.74) is 2.10. The third kappa shape index (κ3) is 5.79. The van der Waals surface area contributed by atoms with E-state index in [9.17, 15) is 14.0 Å². The summed E-state index contributed by atoms with van der Waals surface area (Å²) < 4.78 is 19.5. The number of halogens is 1. The molecule has 2 N–H and O–H groups in total. The van der Waals surface area contributed by atoms with E-state index in [1.807, 2.05) is 45.0 Å². The van der Waals surface area contributed by atoms with Crippen LogP contribution in [0.4, 0.5) is 25.7 Å². The van der Waals surface area contributed by atoms with Gasteiger partial charge in [-0.2, -0.15) is 14.4 Å². The Balaban J connectivity index is 1.39. The Morgan fingerprint density at radius 2 is 1.86 bits per heavy atom. The summed E-state index contributed by atoms with van der Waals surface area (Å²) in [7, 11) is 0. The number of hydrogen-bond acceptors (Lipinski definition) is 7. The van der Waals surface area contributed by atoms with Gasteiger partial charge in [0.2, 0.25) is 11.9 Å². The Kier molecular flexibility index (Phi) is 7.34. The zero-order valence-corrected chi connectivity index (χ0v) is 20.1. The summed E-state index contributed by atoms with van der Waals surface area (Å²) in [5, 5.41) is 12.2. The smallest absolute Gasteiger partial charge is 0.415 e. The average molecular weight is 487 g/mol. The first kappa shape index (κ1) is 24.6. The highest BCUT2D eigenvalue weighted by atomic mass is 19.1. The minimum absolute atomic E-state index is 0.0927. The van der Waals surface area contributed by atoms with Crippen LogP contribution in [0.25, 0.3) is 0 Å². The fourth-order valence-electron chi connectivity index (χ4n) is 4.33. The fourth-order valence-corrected chi connectivity index (χ4v) is 4.33. The van der Waals surface area contributed by atoms with Crippen LogP contribution in [0, 0.1) is 11.9 Å². The molecule has 11 heteroatoms. The van der Waals surface area contributed by atoms with Crippen molar-refractivity contribution in [3.8, 4) is 0 Å². The number of carbonyl (C=O) groups excluding carboxylic acids is 1. The van der Waals surface area contributed by atoms with Gasteiger partial charge in [-0.15, -0.1) is 0 Å². The standard InChI is InChI=1S/C24H31FN6O4/c1-15(2)19-14-35-24(34)31(19)21-12-20(25)27-22(28-21)26-16(3)18-6-4-17(5-7-18)13-29-8-10-30(11-9-29)23(32)33/h4-7,12,15-16,19H,8-11,13-14H2,1-3H3,(H,32,33)(H,26,27,28)/t16-,19?/m0/s1. The van der Waals surface area contributed by atoms with Gasteiger partial charge in [0.25, 0.3) is 0 Å². The molecule has 0 aliphatic carbocycles. The van der Waals surface area contributed by atoms with Crippen LogP contribution in [-0.2, 0) is 11.3 Å². The Morgan fingerprint density at radius 1 is 1.17 bits per heavy atom. The second-order valence-corrected chi connectivity index (χ2v) is 9.28. The highest BCUT2D eigenvalue weighted by Gasteiger charge is 2.37. The van der Waals surface area contributed by atoms with Crippen molar-refractivity contribution in [1.82, 2.24) is 19.8 Å². The van der Waals surface area contributed by atoms with Crippen LogP contribution in [0.3, 0.4) is 0 Å². The Bertz CT molecular complexity index is 1060. The van der Waals surface area contributed by atoms with E-state index in [1.165, 1.54) is 9.80 Å². The van der Waals surface area contributed by atoms with Crippen molar-refractivity contribution in [2.24, 2.45) is 5.92 Å². The second kappa shape index (κ2) is 10.4. The second-order valence-electron chi connectivity index (χ2n) is 9.28. The van der Waals surface area contributed by atoms with Gasteiger partial charge in [-0.3, -0.25) is 9.80 Å². The number of nitrogens with one attached hydrogen (secondary N) is 1. The lowest BCUT2D eigenvalue weighted by molar-refractivity contribution is 0.103. The lowest BCUT2D eigenvalue weighted by Crippen LogP contribution is -2.47. The first-order valence-corrected chi connectivity index (χ1v) is 11.8.